The molecule has 0 bridgehead atoms. The van der Waals surface area contributed by atoms with Crippen molar-refractivity contribution in [3.05, 3.63) is 17.8 Å². The van der Waals surface area contributed by atoms with Crippen molar-refractivity contribution in [1.29, 1.82) is 0 Å². The summed E-state index contributed by atoms with van der Waals surface area (Å²) in [4.78, 5) is 28.6. The van der Waals surface area contributed by atoms with Crippen molar-refractivity contribution < 1.29 is 9.59 Å². The predicted octanol–water partition coefficient (Wildman–Crippen LogP) is -0.419. The molecule has 0 saturated carbocycles. The van der Waals surface area contributed by atoms with Gasteiger partial charge in [-0.1, -0.05) is 6.92 Å². The van der Waals surface area contributed by atoms with Crippen molar-refractivity contribution in [1.82, 2.24) is 10.3 Å². The maximum Gasteiger partial charge on any atom is 0.250 e. The Hall–Kier alpha value is -2.31. The second kappa shape index (κ2) is 6.03. The lowest BCUT2D eigenvalue weighted by atomic mass is 10.1. The van der Waals surface area contributed by atoms with Gasteiger partial charge in [-0.05, 0) is 6.07 Å². The summed E-state index contributed by atoms with van der Waals surface area (Å²) in [5.74, 6) is -0.323. The SMILES string of the molecule is CNC(=O)C(C)CN(C)c1cc(C(N)=O)c(N)cn1. The van der Waals surface area contributed by atoms with Crippen LogP contribution in [0.3, 0.4) is 0 Å². The number of nitrogens with zero attached hydrogens (tertiary/aromatic N) is 2. The Labute approximate surface area is 112 Å². The fraction of sp³-hybridized carbons (Fsp3) is 0.417. The van der Waals surface area contributed by atoms with Crippen molar-refractivity contribution in [2.24, 2.45) is 11.7 Å². The van der Waals surface area contributed by atoms with Gasteiger partial charge in [0.25, 0.3) is 5.91 Å². The minimum atomic E-state index is -0.603. The maximum atomic E-state index is 11.5. The zero-order valence-electron chi connectivity index (χ0n) is 11.3. The summed E-state index contributed by atoms with van der Waals surface area (Å²) in [5, 5.41) is 2.58. The quantitative estimate of drug-likeness (QED) is 0.669. The van der Waals surface area contributed by atoms with Crippen LogP contribution in [0.2, 0.25) is 0 Å². The Kier molecular flexibility index (Phi) is 4.68. The average Bonchev–Trinajstić information content (AvgIpc) is 2.37. The molecule has 1 rings (SSSR count). The van der Waals surface area contributed by atoms with Gasteiger partial charge in [0, 0.05) is 20.6 Å². The van der Waals surface area contributed by atoms with Crippen molar-refractivity contribution >= 4 is 23.3 Å². The largest absolute Gasteiger partial charge is 0.397 e. The second-order valence-electron chi connectivity index (χ2n) is 4.39. The molecule has 7 heteroatoms. The number of amides is 2. The number of nitrogen functional groups attached to an aromatic ring is 1. The van der Waals surface area contributed by atoms with E-state index in [9.17, 15) is 9.59 Å². The van der Waals surface area contributed by atoms with Gasteiger partial charge < -0.3 is 21.7 Å². The monoisotopic (exact) mass is 265 g/mol. The summed E-state index contributed by atoms with van der Waals surface area (Å²) in [5.41, 5.74) is 11.3. The first kappa shape index (κ1) is 14.7. The number of aromatic nitrogens is 1. The van der Waals surface area contributed by atoms with Gasteiger partial charge in [-0.15, -0.1) is 0 Å². The molecule has 0 aliphatic heterocycles. The number of pyridine rings is 1. The van der Waals surface area contributed by atoms with Gasteiger partial charge in [0.2, 0.25) is 5.91 Å². The molecular formula is C12H19N5O2. The van der Waals surface area contributed by atoms with Crippen molar-refractivity contribution in [3.63, 3.8) is 0 Å². The number of carbonyl (C=O) groups excluding carboxylic acids is 2. The van der Waals surface area contributed by atoms with E-state index >= 15 is 0 Å². The molecule has 0 aliphatic carbocycles. The van der Waals surface area contributed by atoms with Crippen LogP contribution in [0.15, 0.2) is 12.3 Å². The highest BCUT2D eigenvalue weighted by atomic mass is 16.2. The van der Waals surface area contributed by atoms with E-state index in [1.54, 1.807) is 19.0 Å². The van der Waals surface area contributed by atoms with Crippen LogP contribution in [0.1, 0.15) is 17.3 Å². The van der Waals surface area contributed by atoms with E-state index in [4.69, 9.17) is 11.5 Å². The van der Waals surface area contributed by atoms with Crippen molar-refractivity contribution in [3.8, 4) is 0 Å². The minimum absolute atomic E-state index is 0.0579. The number of nitrogens with two attached hydrogens (primary N) is 2. The van der Waals surface area contributed by atoms with Crippen LogP contribution in [0, 0.1) is 5.92 Å². The molecule has 1 heterocycles. The first-order valence-electron chi connectivity index (χ1n) is 5.84. The normalized spacial score (nSPS) is 11.7. The molecule has 1 aromatic rings. The molecule has 0 spiro atoms. The van der Waals surface area contributed by atoms with E-state index in [2.05, 4.69) is 10.3 Å². The lowest BCUT2D eigenvalue weighted by Gasteiger charge is -2.22. The Balaban J connectivity index is 2.88. The standard InChI is InChI=1S/C12H19N5O2/c1-7(12(19)15-2)6-17(3)10-4-8(11(14)18)9(13)5-16-10/h4-5,7H,6,13H2,1-3H3,(H2,14,18)(H,15,19). The summed E-state index contributed by atoms with van der Waals surface area (Å²) in [7, 11) is 3.37. The lowest BCUT2D eigenvalue weighted by molar-refractivity contribution is -0.123. The van der Waals surface area contributed by atoms with Gasteiger partial charge in [0.15, 0.2) is 0 Å². The third-order valence-electron chi connectivity index (χ3n) is 2.82. The fourth-order valence-electron chi connectivity index (χ4n) is 1.71. The molecule has 0 saturated heterocycles. The summed E-state index contributed by atoms with van der Waals surface area (Å²) in [6.07, 6.45) is 1.39. The third kappa shape index (κ3) is 3.57. The molecule has 0 aliphatic rings. The lowest BCUT2D eigenvalue weighted by Crippen LogP contribution is -2.34. The van der Waals surface area contributed by atoms with Crippen LogP contribution in [0.4, 0.5) is 11.5 Å². The van der Waals surface area contributed by atoms with E-state index in [1.165, 1.54) is 12.3 Å². The number of anilines is 2. The highest BCUT2D eigenvalue weighted by Crippen LogP contribution is 2.17. The highest BCUT2D eigenvalue weighted by molar-refractivity contribution is 5.98. The van der Waals surface area contributed by atoms with Crippen LogP contribution < -0.4 is 21.7 Å². The highest BCUT2D eigenvalue weighted by Gasteiger charge is 2.16. The van der Waals surface area contributed by atoms with E-state index in [0.29, 0.717) is 12.4 Å². The molecule has 1 aromatic heterocycles. The van der Waals surface area contributed by atoms with Crippen molar-refractivity contribution in [2.45, 2.75) is 6.92 Å². The average molecular weight is 265 g/mol. The Morgan fingerprint density at radius 2 is 2.16 bits per heavy atom. The van der Waals surface area contributed by atoms with E-state index in [1.807, 2.05) is 6.92 Å². The summed E-state index contributed by atoms with van der Waals surface area (Å²) in [6, 6.07) is 1.52. The Morgan fingerprint density at radius 3 is 2.68 bits per heavy atom. The van der Waals surface area contributed by atoms with Crippen LogP contribution in [0.5, 0.6) is 0 Å². The van der Waals surface area contributed by atoms with Gasteiger partial charge in [0.1, 0.15) is 5.82 Å². The molecule has 1 atom stereocenters. The van der Waals surface area contributed by atoms with Crippen LogP contribution >= 0.6 is 0 Å². The van der Waals surface area contributed by atoms with Crippen molar-refractivity contribution in [2.75, 3.05) is 31.3 Å². The molecule has 104 valence electrons. The molecule has 2 amide bonds. The van der Waals surface area contributed by atoms with E-state index < -0.39 is 5.91 Å². The molecular weight excluding hydrogens is 246 g/mol. The number of hydrogen-bond acceptors (Lipinski definition) is 5. The van der Waals surface area contributed by atoms with Crippen LogP contribution in [-0.2, 0) is 4.79 Å². The van der Waals surface area contributed by atoms with Gasteiger partial charge >= 0.3 is 0 Å². The minimum Gasteiger partial charge on any atom is -0.397 e. The first-order valence-corrected chi connectivity index (χ1v) is 5.84. The predicted molar refractivity (Wildman–Crippen MR) is 73.7 cm³/mol. The molecule has 0 fully saturated rings. The van der Waals surface area contributed by atoms with Crippen LogP contribution in [-0.4, -0.2) is 37.4 Å². The summed E-state index contributed by atoms with van der Waals surface area (Å²) < 4.78 is 0. The van der Waals surface area contributed by atoms with Gasteiger partial charge in [-0.3, -0.25) is 9.59 Å². The van der Waals surface area contributed by atoms with Crippen LogP contribution in [0.25, 0.3) is 0 Å². The van der Waals surface area contributed by atoms with E-state index in [0.717, 1.165) is 0 Å². The Morgan fingerprint density at radius 1 is 1.53 bits per heavy atom. The molecule has 5 N–H and O–H groups in total. The second-order valence-corrected chi connectivity index (χ2v) is 4.39. The fourth-order valence-corrected chi connectivity index (χ4v) is 1.71. The zero-order valence-corrected chi connectivity index (χ0v) is 11.3. The first-order chi connectivity index (χ1) is 8.86. The van der Waals surface area contributed by atoms with E-state index in [-0.39, 0.29) is 23.1 Å². The third-order valence-corrected chi connectivity index (χ3v) is 2.82. The molecule has 0 aromatic carbocycles. The number of rotatable bonds is 5. The topological polar surface area (TPSA) is 114 Å². The number of carbonyl (C=O) groups is 2. The van der Waals surface area contributed by atoms with Gasteiger partial charge in [0.05, 0.1) is 23.4 Å². The smallest absolute Gasteiger partial charge is 0.250 e. The molecule has 19 heavy (non-hydrogen) atoms. The maximum absolute atomic E-state index is 11.5. The zero-order chi connectivity index (χ0) is 14.6. The molecule has 1 unspecified atom stereocenters. The summed E-state index contributed by atoms with van der Waals surface area (Å²) in [6.45, 7) is 2.27. The van der Waals surface area contributed by atoms with Gasteiger partial charge in [-0.2, -0.15) is 0 Å². The number of nitrogens with one attached hydrogen (secondary N) is 1. The number of hydrogen-bond donors (Lipinski definition) is 3. The molecule has 0 radical (unpaired) electrons. The number of primary amides is 1. The molecule has 7 nitrogen and oxygen atoms in total. The Bertz CT molecular complexity index is 489. The summed E-state index contributed by atoms with van der Waals surface area (Å²) >= 11 is 0. The van der Waals surface area contributed by atoms with Gasteiger partial charge in [-0.25, -0.2) is 4.98 Å².